The molecule has 56 valence electrons. The first kappa shape index (κ1) is 8.92. The fourth-order valence-corrected chi connectivity index (χ4v) is 0.720. The Bertz CT molecular complexity index is 65.9. The molecule has 2 atom stereocenters. The number of ether oxygens (including phenoxy) is 1. The molecule has 0 aromatic heterocycles. The van der Waals surface area contributed by atoms with E-state index in [1.807, 2.05) is 7.05 Å². The fraction of sp³-hybridized carbons (Fsp3) is 1.00. The van der Waals surface area contributed by atoms with Crippen LogP contribution >= 0.6 is 0 Å². The van der Waals surface area contributed by atoms with Gasteiger partial charge in [-0.3, -0.25) is 0 Å². The third-order valence-electron chi connectivity index (χ3n) is 1.70. The molecule has 0 bridgehead atoms. The lowest BCUT2D eigenvalue weighted by atomic mass is 10.1. The van der Waals surface area contributed by atoms with E-state index in [1.165, 1.54) is 0 Å². The molecule has 0 aliphatic rings. The third kappa shape index (κ3) is 3.49. The maximum atomic E-state index is 5.12. The molecule has 0 fully saturated rings. The zero-order chi connectivity index (χ0) is 7.28. The molecule has 9 heavy (non-hydrogen) atoms. The molecule has 2 nitrogen and oxygen atoms in total. The van der Waals surface area contributed by atoms with Crippen molar-refractivity contribution in [1.82, 2.24) is 5.32 Å². The van der Waals surface area contributed by atoms with Gasteiger partial charge in [-0.1, -0.05) is 6.92 Å². The zero-order valence-corrected chi connectivity index (χ0v) is 6.77. The molecule has 0 spiro atoms. The average Bonchev–Trinajstić information content (AvgIpc) is 1.87. The first-order valence-electron chi connectivity index (χ1n) is 3.39. The van der Waals surface area contributed by atoms with Crippen LogP contribution in [0.25, 0.3) is 0 Å². The van der Waals surface area contributed by atoms with E-state index in [4.69, 9.17) is 4.74 Å². The van der Waals surface area contributed by atoms with Crippen molar-refractivity contribution in [1.29, 1.82) is 0 Å². The molecule has 0 aliphatic carbocycles. The summed E-state index contributed by atoms with van der Waals surface area (Å²) in [7, 11) is 3.70. The van der Waals surface area contributed by atoms with Crippen LogP contribution in [0.5, 0.6) is 0 Å². The maximum Gasteiger partial charge on any atom is 0.0580 e. The Morgan fingerprint density at radius 3 is 2.33 bits per heavy atom. The van der Waals surface area contributed by atoms with Crippen LogP contribution in [0.1, 0.15) is 13.8 Å². The van der Waals surface area contributed by atoms with Crippen LogP contribution in [0, 0.1) is 5.92 Å². The Hall–Kier alpha value is -0.0800. The highest BCUT2D eigenvalue weighted by Gasteiger charge is 2.08. The smallest absolute Gasteiger partial charge is 0.0580 e. The molecular weight excluding hydrogens is 114 g/mol. The molecule has 0 amide bonds. The number of nitrogens with one attached hydrogen (secondary N) is 1. The summed E-state index contributed by atoms with van der Waals surface area (Å²) in [4.78, 5) is 0. The van der Waals surface area contributed by atoms with E-state index < -0.39 is 0 Å². The van der Waals surface area contributed by atoms with E-state index >= 15 is 0 Å². The summed E-state index contributed by atoms with van der Waals surface area (Å²) >= 11 is 0. The highest BCUT2D eigenvalue weighted by atomic mass is 16.5. The van der Waals surface area contributed by atoms with E-state index in [0.29, 0.717) is 12.0 Å². The summed E-state index contributed by atoms with van der Waals surface area (Å²) in [6, 6.07) is 0. The van der Waals surface area contributed by atoms with Gasteiger partial charge in [0.2, 0.25) is 0 Å². The monoisotopic (exact) mass is 131 g/mol. The van der Waals surface area contributed by atoms with Gasteiger partial charge >= 0.3 is 0 Å². The third-order valence-corrected chi connectivity index (χ3v) is 1.70. The molecular formula is C7H17NO. The highest BCUT2D eigenvalue weighted by molar-refractivity contribution is 4.61. The van der Waals surface area contributed by atoms with Gasteiger partial charge in [0.05, 0.1) is 6.10 Å². The number of rotatable bonds is 4. The molecule has 0 aromatic rings. The molecule has 2 heteroatoms. The number of hydrogen-bond acceptors (Lipinski definition) is 2. The normalized spacial score (nSPS) is 17.3. The van der Waals surface area contributed by atoms with Crippen molar-refractivity contribution >= 4 is 0 Å². The lowest BCUT2D eigenvalue weighted by Gasteiger charge is -2.17. The highest BCUT2D eigenvalue weighted by Crippen LogP contribution is 2.02. The van der Waals surface area contributed by atoms with Crippen molar-refractivity contribution in [2.75, 3.05) is 20.7 Å². The van der Waals surface area contributed by atoms with E-state index in [9.17, 15) is 0 Å². The van der Waals surface area contributed by atoms with Crippen LogP contribution in [0.3, 0.4) is 0 Å². The second-order valence-electron chi connectivity index (χ2n) is 2.48. The molecule has 0 aromatic carbocycles. The first-order valence-corrected chi connectivity index (χ1v) is 3.39. The predicted octanol–water partition coefficient (Wildman–Crippen LogP) is 0.877. The fourth-order valence-electron chi connectivity index (χ4n) is 0.720. The average molecular weight is 131 g/mol. The van der Waals surface area contributed by atoms with Crippen molar-refractivity contribution in [3.8, 4) is 0 Å². The van der Waals surface area contributed by atoms with Crippen LogP contribution in [-0.4, -0.2) is 26.8 Å². The summed E-state index contributed by atoms with van der Waals surface area (Å²) < 4.78 is 5.12. The van der Waals surface area contributed by atoms with Gasteiger partial charge in [-0.25, -0.2) is 0 Å². The summed E-state index contributed by atoms with van der Waals surface area (Å²) in [6.07, 6.45) is 0.359. The minimum Gasteiger partial charge on any atom is -0.381 e. The Morgan fingerprint density at radius 2 is 2.00 bits per heavy atom. The van der Waals surface area contributed by atoms with Gasteiger partial charge in [0.25, 0.3) is 0 Å². The predicted molar refractivity (Wildman–Crippen MR) is 39.6 cm³/mol. The Kier molecular flexibility index (Phi) is 4.72. The lowest BCUT2D eigenvalue weighted by molar-refractivity contribution is 0.0743. The van der Waals surface area contributed by atoms with Crippen LogP contribution in [0.4, 0.5) is 0 Å². The van der Waals surface area contributed by atoms with E-state index in [-0.39, 0.29) is 0 Å². The zero-order valence-electron chi connectivity index (χ0n) is 6.77. The van der Waals surface area contributed by atoms with Crippen LogP contribution in [-0.2, 0) is 4.74 Å². The number of methoxy groups -OCH3 is 1. The molecule has 0 aliphatic heterocycles. The molecule has 0 saturated carbocycles. The number of hydrogen-bond donors (Lipinski definition) is 1. The van der Waals surface area contributed by atoms with Gasteiger partial charge in [0.15, 0.2) is 0 Å². The van der Waals surface area contributed by atoms with E-state index in [1.54, 1.807) is 7.11 Å². The largest absolute Gasteiger partial charge is 0.381 e. The SMILES string of the molecule is CNCC(C)C(C)OC. The summed E-state index contributed by atoms with van der Waals surface area (Å²) in [5.74, 6) is 0.597. The van der Waals surface area contributed by atoms with Gasteiger partial charge in [-0.15, -0.1) is 0 Å². The van der Waals surface area contributed by atoms with Crippen molar-refractivity contribution in [3.63, 3.8) is 0 Å². The second-order valence-corrected chi connectivity index (χ2v) is 2.48. The molecule has 1 N–H and O–H groups in total. The van der Waals surface area contributed by atoms with Crippen LogP contribution < -0.4 is 5.32 Å². The molecule has 0 heterocycles. The van der Waals surface area contributed by atoms with Gasteiger partial charge in [-0.05, 0) is 26.4 Å². The first-order chi connectivity index (χ1) is 4.22. The van der Waals surface area contributed by atoms with Gasteiger partial charge < -0.3 is 10.1 Å². The molecule has 0 saturated heterocycles. The molecule has 0 rings (SSSR count). The summed E-state index contributed by atoms with van der Waals surface area (Å²) in [5, 5.41) is 3.10. The minimum atomic E-state index is 0.359. The van der Waals surface area contributed by atoms with Gasteiger partial charge in [0.1, 0.15) is 0 Å². The van der Waals surface area contributed by atoms with Crippen molar-refractivity contribution < 1.29 is 4.74 Å². The van der Waals surface area contributed by atoms with Crippen LogP contribution in [0.15, 0.2) is 0 Å². The Morgan fingerprint density at radius 1 is 1.44 bits per heavy atom. The van der Waals surface area contributed by atoms with Gasteiger partial charge in [0, 0.05) is 7.11 Å². The maximum absolute atomic E-state index is 5.12. The topological polar surface area (TPSA) is 21.3 Å². The standard InChI is InChI=1S/C7H17NO/c1-6(5-8-3)7(2)9-4/h6-8H,5H2,1-4H3. The van der Waals surface area contributed by atoms with Crippen molar-refractivity contribution in [3.05, 3.63) is 0 Å². The summed E-state index contributed by atoms with van der Waals surface area (Å²) in [5.41, 5.74) is 0. The van der Waals surface area contributed by atoms with Gasteiger partial charge in [-0.2, -0.15) is 0 Å². The van der Waals surface area contributed by atoms with E-state index in [2.05, 4.69) is 19.2 Å². The minimum absolute atomic E-state index is 0.359. The Balaban J connectivity index is 3.32. The van der Waals surface area contributed by atoms with Crippen LogP contribution in [0.2, 0.25) is 0 Å². The summed E-state index contributed by atoms with van der Waals surface area (Å²) in [6.45, 7) is 5.28. The molecule has 0 radical (unpaired) electrons. The lowest BCUT2D eigenvalue weighted by Crippen LogP contribution is -2.26. The van der Waals surface area contributed by atoms with Crippen molar-refractivity contribution in [2.24, 2.45) is 5.92 Å². The second kappa shape index (κ2) is 4.77. The quantitative estimate of drug-likeness (QED) is 0.611. The van der Waals surface area contributed by atoms with E-state index in [0.717, 1.165) is 6.54 Å². The van der Waals surface area contributed by atoms with Crippen molar-refractivity contribution in [2.45, 2.75) is 20.0 Å². The molecule has 2 unspecified atom stereocenters. The Labute approximate surface area is 57.6 Å².